The van der Waals surface area contributed by atoms with Crippen LogP contribution in [0.3, 0.4) is 0 Å². The summed E-state index contributed by atoms with van der Waals surface area (Å²) in [6.07, 6.45) is 4.71. The van der Waals surface area contributed by atoms with Crippen molar-refractivity contribution < 1.29 is 9.90 Å². The quantitative estimate of drug-likeness (QED) is 0.882. The molecule has 0 amide bonds. The Labute approximate surface area is 127 Å². The fraction of sp³-hybridized carbons (Fsp3) is 0.333. The zero-order chi connectivity index (χ0) is 14.8. The second-order valence-corrected chi connectivity index (χ2v) is 6.59. The number of hydrogen-bond acceptors (Lipinski definition) is 4. The fourth-order valence-corrected chi connectivity index (χ4v) is 3.56. The Hall–Kier alpha value is -1.95. The summed E-state index contributed by atoms with van der Waals surface area (Å²) in [6.45, 7) is 4.08. The monoisotopic (exact) mass is 303 g/mol. The SMILES string of the molecule is CC1CN(c2nc3ccccn3c2/C=C/C(=O)O)CCS1. The van der Waals surface area contributed by atoms with Crippen molar-refractivity contribution in [1.29, 1.82) is 0 Å². The number of aromatic nitrogens is 2. The van der Waals surface area contributed by atoms with E-state index >= 15 is 0 Å². The molecule has 0 spiro atoms. The molecule has 0 aromatic carbocycles. The second-order valence-electron chi connectivity index (χ2n) is 5.05. The predicted octanol–water partition coefficient (Wildman–Crippen LogP) is 2.37. The number of carbonyl (C=O) groups is 1. The molecule has 0 saturated carbocycles. The van der Waals surface area contributed by atoms with Crippen LogP contribution < -0.4 is 4.90 Å². The van der Waals surface area contributed by atoms with Crippen molar-refractivity contribution in [3.05, 3.63) is 36.2 Å². The van der Waals surface area contributed by atoms with Crippen LogP contribution >= 0.6 is 11.8 Å². The van der Waals surface area contributed by atoms with Crippen LogP contribution in [-0.2, 0) is 4.79 Å². The van der Waals surface area contributed by atoms with Crippen LogP contribution in [0.4, 0.5) is 5.82 Å². The van der Waals surface area contributed by atoms with Crippen LogP contribution in [0, 0.1) is 0 Å². The van der Waals surface area contributed by atoms with Gasteiger partial charge >= 0.3 is 5.97 Å². The highest BCUT2D eigenvalue weighted by Crippen LogP contribution is 2.28. The molecular formula is C15H17N3O2S. The summed E-state index contributed by atoms with van der Waals surface area (Å²) in [5.74, 6) is 0.983. The normalized spacial score (nSPS) is 19.5. The minimum atomic E-state index is -0.950. The lowest BCUT2D eigenvalue weighted by Crippen LogP contribution is -2.37. The Kier molecular flexibility index (Phi) is 3.88. The summed E-state index contributed by atoms with van der Waals surface area (Å²) in [6, 6.07) is 5.79. The average molecular weight is 303 g/mol. The molecule has 0 radical (unpaired) electrons. The number of carboxylic acid groups (broad SMARTS) is 1. The van der Waals surface area contributed by atoms with Crippen LogP contribution in [-0.4, -0.2) is 44.6 Å². The fourth-order valence-electron chi connectivity index (χ4n) is 2.55. The Bertz CT molecular complexity index is 695. The van der Waals surface area contributed by atoms with Crippen molar-refractivity contribution in [2.45, 2.75) is 12.2 Å². The molecule has 3 rings (SSSR count). The van der Waals surface area contributed by atoms with Gasteiger partial charge in [-0.25, -0.2) is 9.78 Å². The standard InChI is InChI=1S/C15H17N3O2S/c1-11-10-17(8-9-21-11)15-12(5-6-14(19)20)18-7-3-2-4-13(18)16-15/h2-7,11H,8-10H2,1H3,(H,19,20)/b6-5+. The van der Waals surface area contributed by atoms with E-state index in [2.05, 4.69) is 16.8 Å². The lowest BCUT2D eigenvalue weighted by molar-refractivity contribution is -0.131. The third-order valence-corrected chi connectivity index (χ3v) is 4.61. The van der Waals surface area contributed by atoms with Gasteiger partial charge in [-0.3, -0.25) is 4.40 Å². The Balaban J connectivity index is 2.07. The summed E-state index contributed by atoms with van der Waals surface area (Å²) < 4.78 is 1.93. The molecule has 110 valence electrons. The summed E-state index contributed by atoms with van der Waals surface area (Å²) in [5, 5.41) is 9.45. The highest BCUT2D eigenvalue weighted by atomic mass is 32.2. The van der Waals surface area contributed by atoms with Gasteiger partial charge in [0.05, 0.1) is 5.69 Å². The number of fused-ring (bicyclic) bond motifs is 1. The minimum absolute atomic E-state index is 0.555. The number of thioether (sulfide) groups is 1. The van der Waals surface area contributed by atoms with Gasteiger partial charge in [0.15, 0.2) is 5.82 Å². The molecule has 2 aromatic rings. The predicted molar refractivity (Wildman–Crippen MR) is 86.0 cm³/mol. The summed E-state index contributed by atoms with van der Waals surface area (Å²) in [4.78, 5) is 17.8. The maximum absolute atomic E-state index is 10.8. The van der Waals surface area contributed by atoms with Gasteiger partial charge in [0.25, 0.3) is 0 Å². The van der Waals surface area contributed by atoms with Gasteiger partial charge in [-0.1, -0.05) is 13.0 Å². The van der Waals surface area contributed by atoms with Crippen molar-refractivity contribution in [2.24, 2.45) is 0 Å². The number of imidazole rings is 1. The maximum atomic E-state index is 10.8. The van der Waals surface area contributed by atoms with Gasteiger partial charge in [-0.2, -0.15) is 11.8 Å². The zero-order valence-electron chi connectivity index (χ0n) is 11.8. The molecule has 3 heterocycles. The molecule has 1 unspecified atom stereocenters. The van der Waals surface area contributed by atoms with Crippen molar-refractivity contribution in [3.63, 3.8) is 0 Å². The van der Waals surface area contributed by atoms with E-state index in [1.54, 1.807) is 6.08 Å². The highest BCUT2D eigenvalue weighted by Gasteiger charge is 2.22. The first kappa shape index (κ1) is 14.0. The van der Waals surface area contributed by atoms with Crippen molar-refractivity contribution in [3.8, 4) is 0 Å². The number of anilines is 1. The van der Waals surface area contributed by atoms with Crippen LogP contribution in [0.25, 0.3) is 11.7 Å². The van der Waals surface area contributed by atoms with Crippen molar-refractivity contribution in [1.82, 2.24) is 9.38 Å². The van der Waals surface area contributed by atoms with Gasteiger partial charge in [0.1, 0.15) is 5.65 Å². The molecule has 21 heavy (non-hydrogen) atoms. The van der Waals surface area contributed by atoms with E-state index in [-0.39, 0.29) is 0 Å². The molecule has 0 aliphatic carbocycles. The molecule has 6 heteroatoms. The number of aliphatic carboxylic acids is 1. The molecule has 1 fully saturated rings. The molecule has 1 atom stereocenters. The number of rotatable bonds is 3. The van der Waals surface area contributed by atoms with E-state index in [9.17, 15) is 4.79 Å². The highest BCUT2D eigenvalue weighted by molar-refractivity contribution is 8.00. The number of carboxylic acids is 1. The first-order chi connectivity index (χ1) is 10.1. The molecular weight excluding hydrogens is 286 g/mol. The molecule has 0 bridgehead atoms. The third-order valence-electron chi connectivity index (χ3n) is 3.47. The first-order valence-electron chi connectivity index (χ1n) is 6.90. The number of hydrogen-bond donors (Lipinski definition) is 1. The van der Waals surface area contributed by atoms with Gasteiger partial charge < -0.3 is 10.0 Å². The van der Waals surface area contributed by atoms with E-state index in [1.807, 2.05) is 40.6 Å². The first-order valence-corrected chi connectivity index (χ1v) is 7.94. The Morgan fingerprint density at radius 1 is 1.52 bits per heavy atom. The van der Waals surface area contributed by atoms with Crippen LogP contribution in [0.1, 0.15) is 12.6 Å². The van der Waals surface area contributed by atoms with Gasteiger partial charge in [-0.15, -0.1) is 0 Å². The Morgan fingerprint density at radius 3 is 3.14 bits per heavy atom. The topological polar surface area (TPSA) is 57.8 Å². The van der Waals surface area contributed by atoms with Gasteiger partial charge in [-0.05, 0) is 18.2 Å². The summed E-state index contributed by atoms with van der Waals surface area (Å²) >= 11 is 1.96. The molecule has 2 aromatic heterocycles. The zero-order valence-corrected chi connectivity index (χ0v) is 12.6. The Morgan fingerprint density at radius 2 is 2.38 bits per heavy atom. The molecule has 1 aliphatic rings. The van der Waals surface area contributed by atoms with Crippen molar-refractivity contribution in [2.75, 3.05) is 23.7 Å². The molecule has 1 N–H and O–H groups in total. The molecule has 1 aliphatic heterocycles. The average Bonchev–Trinajstić information content (AvgIpc) is 2.84. The van der Waals surface area contributed by atoms with Crippen LogP contribution in [0.15, 0.2) is 30.5 Å². The minimum Gasteiger partial charge on any atom is -0.478 e. The summed E-state index contributed by atoms with van der Waals surface area (Å²) in [7, 11) is 0. The van der Waals surface area contributed by atoms with Crippen molar-refractivity contribution >= 4 is 35.3 Å². The van der Waals surface area contributed by atoms with Crippen LogP contribution in [0.5, 0.6) is 0 Å². The smallest absolute Gasteiger partial charge is 0.328 e. The van der Waals surface area contributed by atoms with E-state index in [0.29, 0.717) is 5.25 Å². The van der Waals surface area contributed by atoms with E-state index in [1.165, 1.54) is 6.08 Å². The molecule has 1 saturated heterocycles. The van der Waals surface area contributed by atoms with Crippen LogP contribution in [0.2, 0.25) is 0 Å². The molecule has 5 nitrogen and oxygen atoms in total. The van der Waals surface area contributed by atoms with E-state index in [0.717, 1.165) is 36.0 Å². The van der Waals surface area contributed by atoms with Gasteiger partial charge in [0.2, 0.25) is 0 Å². The number of nitrogens with zero attached hydrogens (tertiary/aromatic N) is 3. The third kappa shape index (κ3) is 2.90. The second kappa shape index (κ2) is 5.81. The van der Waals surface area contributed by atoms with Gasteiger partial charge in [0, 0.05) is 36.4 Å². The maximum Gasteiger partial charge on any atom is 0.328 e. The largest absolute Gasteiger partial charge is 0.478 e. The van der Waals surface area contributed by atoms with E-state index in [4.69, 9.17) is 5.11 Å². The number of pyridine rings is 1. The summed E-state index contributed by atoms with van der Waals surface area (Å²) in [5.41, 5.74) is 1.66. The lowest BCUT2D eigenvalue weighted by Gasteiger charge is -2.31. The van der Waals surface area contributed by atoms with E-state index < -0.39 is 5.97 Å². The lowest BCUT2D eigenvalue weighted by atomic mass is 10.3.